The number of imidazole rings is 1. The predicted molar refractivity (Wildman–Crippen MR) is 48.8 cm³/mol. The van der Waals surface area contributed by atoms with E-state index in [4.69, 9.17) is 0 Å². The first kappa shape index (κ1) is 7.35. The van der Waals surface area contributed by atoms with Gasteiger partial charge in [0.05, 0.1) is 13.6 Å². The first-order chi connectivity index (χ1) is 5.83. The maximum atomic E-state index is 2.25. The molecule has 1 aromatic carbocycles. The van der Waals surface area contributed by atoms with Crippen molar-refractivity contribution in [1.29, 1.82) is 0 Å². The van der Waals surface area contributed by atoms with Crippen molar-refractivity contribution in [3.05, 3.63) is 30.6 Å². The number of benzene rings is 1. The molecule has 12 heavy (non-hydrogen) atoms. The van der Waals surface area contributed by atoms with Gasteiger partial charge in [-0.3, -0.25) is 0 Å². The highest BCUT2D eigenvalue weighted by Gasteiger charge is 2.09. The molecule has 2 heteroatoms. The molecule has 0 fully saturated rings. The second-order valence-electron chi connectivity index (χ2n) is 3.00. The van der Waals surface area contributed by atoms with Gasteiger partial charge in [-0.05, 0) is 19.1 Å². The molecule has 1 aromatic heterocycles. The Hall–Kier alpha value is -1.31. The molecule has 0 atom stereocenters. The van der Waals surface area contributed by atoms with Crippen LogP contribution in [0.4, 0.5) is 0 Å². The lowest BCUT2D eigenvalue weighted by Crippen LogP contribution is -2.25. The molecule has 0 aliphatic carbocycles. The Morgan fingerprint density at radius 1 is 1.33 bits per heavy atom. The Bertz CT molecular complexity index is 401. The largest absolute Gasteiger partial charge is 0.244 e. The van der Waals surface area contributed by atoms with E-state index in [0.29, 0.717) is 0 Å². The molecule has 0 amide bonds. The van der Waals surface area contributed by atoms with Crippen molar-refractivity contribution < 1.29 is 4.57 Å². The zero-order chi connectivity index (χ0) is 8.55. The number of para-hydroxylation sites is 2. The van der Waals surface area contributed by atoms with Gasteiger partial charge in [0.1, 0.15) is 0 Å². The van der Waals surface area contributed by atoms with Crippen LogP contribution in [0.15, 0.2) is 30.6 Å². The molecule has 0 spiro atoms. The Morgan fingerprint density at radius 3 is 2.83 bits per heavy atom. The summed E-state index contributed by atoms with van der Waals surface area (Å²) in [6, 6.07) is 8.44. The average molecular weight is 161 g/mol. The molecule has 2 nitrogen and oxygen atoms in total. The van der Waals surface area contributed by atoms with Crippen LogP contribution in [0.1, 0.15) is 6.92 Å². The van der Waals surface area contributed by atoms with E-state index in [1.807, 2.05) is 0 Å². The molecule has 0 radical (unpaired) electrons. The second kappa shape index (κ2) is 2.63. The Balaban J connectivity index is 2.82. The van der Waals surface area contributed by atoms with E-state index in [0.717, 1.165) is 6.54 Å². The minimum atomic E-state index is 1.03. The molecule has 0 aliphatic rings. The van der Waals surface area contributed by atoms with Gasteiger partial charge in [-0.15, -0.1) is 0 Å². The van der Waals surface area contributed by atoms with Crippen LogP contribution in [-0.2, 0) is 13.6 Å². The van der Waals surface area contributed by atoms with Crippen LogP contribution >= 0.6 is 0 Å². The van der Waals surface area contributed by atoms with Gasteiger partial charge in [-0.25, -0.2) is 9.13 Å². The van der Waals surface area contributed by atoms with Crippen molar-refractivity contribution >= 4 is 11.0 Å². The molecule has 2 rings (SSSR count). The molecular weight excluding hydrogens is 148 g/mol. The van der Waals surface area contributed by atoms with Crippen LogP contribution < -0.4 is 4.57 Å². The van der Waals surface area contributed by atoms with E-state index in [1.165, 1.54) is 11.0 Å². The minimum absolute atomic E-state index is 1.03. The van der Waals surface area contributed by atoms with E-state index in [2.05, 4.69) is 53.7 Å². The molecule has 1 heterocycles. The Labute approximate surface area is 72.1 Å². The molecule has 2 aromatic rings. The first-order valence-electron chi connectivity index (χ1n) is 4.26. The summed E-state index contributed by atoms with van der Waals surface area (Å²) in [4.78, 5) is 0. The normalized spacial score (nSPS) is 10.8. The highest BCUT2D eigenvalue weighted by molar-refractivity contribution is 5.71. The third kappa shape index (κ3) is 0.916. The van der Waals surface area contributed by atoms with Crippen molar-refractivity contribution in [2.75, 3.05) is 0 Å². The van der Waals surface area contributed by atoms with Crippen molar-refractivity contribution in [2.24, 2.45) is 7.05 Å². The number of rotatable bonds is 1. The van der Waals surface area contributed by atoms with Crippen molar-refractivity contribution in [1.82, 2.24) is 4.57 Å². The molecular formula is C10H13N2+. The maximum absolute atomic E-state index is 2.25. The number of nitrogens with zero attached hydrogens (tertiary/aromatic N) is 2. The quantitative estimate of drug-likeness (QED) is 0.560. The topological polar surface area (TPSA) is 8.81 Å². The Kier molecular flexibility index (Phi) is 1.61. The van der Waals surface area contributed by atoms with Crippen molar-refractivity contribution in [2.45, 2.75) is 13.5 Å². The third-order valence-electron chi connectivity index (χ3n) is 2.22. The van der Waals surface area contributed by atoms with E-state index >= 15 is 0 Å². The summed E-state index contributed by atoms with van der Waals surface area (Å²) in [6.45, 7) is 3.19. The molecule has 62 valence electrons. The van der Waals surface area contributed by atoms with Crippen molar-refractivity contribution in [3.8, 4) is 0 Å². The van der Waals surface area contributed by atoms with Gasteiger partial charge in [-0.2, -0.15) is 0 Å². The summed E-state index contributed by atoms with van der Waals surface area (Å²) in [6.07, 6.45) is 2.13. The fraction of sp³-hybridized carbons (Fsp3) is 0.300. The van der Waals surface area contributed by atoms with Crippen LogP contribution in [0, 0.1) is 0 Å². The molecule has 0 saturated heterocycles. The van der Waals surface area contributed by atoms with Gasteiger partial charge in [0, 0.05) is 0 Å². The van der Waals surface area contributed by atoms with E-state index in [1.54, 1.807) is 0 Å². The Morgan fingerprint density at radius 2 is 2.08 bits per heavy atom. The van der Waals surface area contributed by atoms with E-state index < -0.39 is 0 Å². The van der Waals surface area contributed by atoms with Gasteiger partial charge in [-0.1, -0.05) is 12.1 Å². The zero-order valence-corrected chi connectivity index (χ0v) is 7.49. The summed E-state index contributed by atoms with van der Waals surface area (Å²) in [5.41, 5.74) is 2.60. The predicted octanol–water partition coefficient (Wildman–Crippen LogP) is 1.49. The summed E-state index contributed by atoms with van der Waals surface area (Å²) in [7, 11) is 2.08. The van der Waals surface area contributed by atoms with Gasteiger partial charge in [0.25, 0.3) is 0 Å². The molecule has 0 saturated carbocycles. The second-order valence-corrected chi connectivity index (χ2v) is 3.00. The lowest BCUT2D eigenvalue weighted by atomic mass is 10.3. The van der Waals surface area contributed by atoms with Gasteiger partial charge in [0.15, 0.2) is 11.0 Å². The number of hydrogen-bond donors (Lipinski definition) is 0. The number of aryl methyl sites for hydroxylation is 2. The summed E-state index contributed by atoms with van der Waals surface area (Å²) >= 11 is 0. The number of aromatic nitrogens is 2. The van der Waals surface area contributed by atoms with Crippen LogP contribution in [0.25, 0.3) is 11.0 Å². The third-order valence-corrected chi connectivity index (χ3v) is 2.22. The minimum Gasteiger partial charge on any atom is -0.233 e. The SMILES string of the molecule is CCn1c[n+](C)c2ccccc21. The van der Waals surface area contributed by atoms with Gasteiger partial charge in [0.2, 0.25) is 6.33 Å². The van der Waals surface area contributed by atoms with Crippen LogP contribution in [0.2, 0.25) is 0 Å². The fourth-order valence-corrected chi connectivity index (χ4v) is 1.59. The average Bonchev–Trinajstić information content (AvgIpc) is 2.44. The zero-order valence-electron chi connectivity index (χ0n) is 7.49. The van der Waals surface area contributed by atoms with Crippen molar-refractivity contribution in [3.63, 3.8) is 0 Å². The summed E-state index contributed by atoms with van der Waals surface area (Å²) < 4.78 is 4.40. The number of hydrogen-bond acceptors (Lipinski definition) is 0. The number of fused-ring (bicyclic) bond motifs is 1. The smallest absolute Gasteiger partial charge is 0.233 e. The molecule has 0 unspecified atom stereocenters. The molecule has 0 N–H and O–H groups in total. The van der Waals surface area contributed by atoms with Crippen LogP contribution in [0.5, 0.6) is 0 Å². The highest BCUT2D eigenvalue weighted by Crippen LogP contribution is 2.08. The lowest BCUT2D eigenvalue weighted by Gasteiger charge is -1.88. The molecule has 0 bridgehead atoms. The van der Waals surface area contributed by atoms with Crippen LogP contribution in [0.3, 0.4) is 0 Å². The van der Waals surface area contributed by atoms with E-state index in [-0.39, 0.29) is 0 Å². The highest BCUT2D eigenvalue weighted by atomic mass is 15.1. The fourth-order valence-electron chi connectivity index (χ4n) is 1.59. The summed E-state index contributed by atoms with van der Waals surface area (Å²) in [5, 5.41) is 0. The monoisotopic (exact) mass is 161 g/mol. The summed E-state index contributed by atoms with van der Waals surface area (Å²) in [5.74, 6) is 0. The first-order valence-corrected chi connectivity index (χ1v) is 4.26. The molecule has 0 aliphatic heterocycles. The van der Waals surface area contributed by atoms with Gasteiger partial charge >= 0.3 is 0 Å². The van der Waals surface area contributed by atoms with Crippen LogP contribution in [-0.4, -0.2) is 4.57 Å². The van der Waals surface area contributed by atoms with Gasteiger partial charge < -0.3 is 0 Å². The lowest BCUT2D eigenvalue weighted by molar-refractivity contribution is -0.645. The van der Waals surface area contributed by atoms with E-state index in [9.17, 15) is 0 Å². The standard InChI is InChI=1S/C10H13N2/c1-3-12-8-11(2)9-6-4-5-7-10(9)12/h4-8H,3H2,1-2H3/q+1. The maximum Gasteiger partial charge on any atom is 0.244 e.